The first-order valence-corrected chi connectivity index (χ1v) is 16.8. The highest BCUT2D eigenvalue weighted by Gasteiger charge is 2.22. The molecule has 0 atom stereocenters. The summed E-state index contributed by atoms with van der Waals surface area (Å²) in [7, 11) is 2.32. The van der Waals surface area contributed by atoms with Crippen LogP contribution in [0.15, 0.2) is 108 Å². The number of nitrogens with zero attached hydrogens (tertiary/aromatic N) is 2. The molecule has 1 saturated carbocycles. The first-order valence-electron chi connectivity index (χ1n) is 16.8. The molecule has 1 fully saturated rings. The summed E-state index contributed by atoms with van der Waals surface area (Å²) in [5, 5.41) is 10.5. The maximum atomic E-state index is 11.1. The molecule has 45 heavy (non-hydrogen) atoms. The third-order valence-electron chi connectivity index (χ3n) is 10.1. The van der Waals surface area contributed by atoms with Crippen molar-refractivity contribution in [3.05, 3.63) is 141 Å². The minimum absolute atomic E-state index is 0.136. The van der Waals surface area contributed by atoms with Crippen LogP contribution in [0.2, 0.25) is 0 Å². The highest BCUT2D eigenvalue weighted by atomic mass is 16.1. The Hall–Kier alpha value is -4.28. The van der Waals surface area contributed by atoms with Gasteiger partial charge in [-0.2, -0.15) is 5.10 Å². The van der Waals surface area contributed by atoms with E-state index in [1.165, 1.54) is 96.4 Å². The molecule has 1 aromatic heterocycles. The lowest BCUT2D eigenvalue weighted by Crippen LogP contribution is -2.32. The fraction of sp³-hybridized carbons (Fsp3) is 0.317. The van der Waals surface area contributed by atoms with Crippen LogP contribution in [0.1, 0.15) is 79.2 Å². The van der Waals surface area contributed by atoms with Crippen molar-refractivity contribution >= 4 is 27.1 Å². The van der Waals surface area contributed by atoms with Crippen LogP contribution in [0.25, 0.3) is 27.1 Å². The topological polar surface area (TPSA) is 49.0 Å². The Morgan fingerprint density at radius 3 is 2.56 bits per heavy atom. The molecule has 1 N–H and O–H groups in total. The second kappa shape index (κ2) is 13.4. The van der Waals surface area contributed by atoms with Crippen LogP contribution >= 0.6 is 0 Å². The number of hydrogen-bond acceptors (Lipinski definition) is 3. The number of aryl methyl sites for hydroxylation is 1. The van der Waals surface area contributed by atoms with Gasteiger partial charge in [0, 0.05) is 23.4 Å². The predicted molar refractivity (Wildman–Crippen MR) is 188 cm³/mol. The number of rotatable bonds is 5. The highest BCUT2D eigenvalue weighted by Crippen LogP contribution is 2.41. The highest BCUT2D eigenvalue weighted by molar-refractivity contribution is 5.96. The summed E-state index contributed by atoms with van der Waals surface area (Å²) in [6.45, 7) is 1.06. The van der Waals surface area contributed by atoms with Crippen LogP contribution in [-0.2, 0) is 19.4 Å². The molecule has 0 aliphatic heterocycles. The van der Waals surface area contributed by atoms with Gasteiger partial charge in [-0.1, -0.05) is 110 Å². The van der Waals surface area contributed by atoms with E-state index in [-0.39, 0.29) is 5.56 Å². The molecule has 3 aliphatic carbocycles. The summed E-state index contributed by atoms with van der Waals surface area (Å²) in [6.07, 6.45) is 19.2. The standard InChI is InChI=1S/C33H37N.C8H6N2O/c1-34(29-14-3-2-4-15-29)23-25-10-7-9-24(21-25)22-28-13-8-12-27-18-19-31-30-16-6-5-11-26(30)17-20-32(31)33(27)28;11-8-7-4-2-1-3-6(7)5-9-10-8/h6-10,12-13,16,18-19,21,29H,2-5,11,14-15,17,20,22-23H2,1H3;1-5H,(H,10,11). The Morgan fingerprint density at radius 2 is 1.67 bits per heavy atom. The summed E-state index contributed by atoms with van der Waals surface area (Å²) < 4.78 is 0. The Morgan fingerprint density at radius 1 is 0.844 bits per heavy atom. The van der Waals surface area contributed by atoms with E-state index in [0.717, 1.165) is 24.4 Å². The lowest BCUT2D eigenvalue weighted by Gasteiger charge is -2.31. The average molecular weight is 594 g/mol. The molecule has 4 aromatic carbocycles. The van der Waals surface area contributed by atoms with Crippen LogP contribution in [0, 0.1) is 0 Å². The van der Waals surface area contributed by atoms with Gasteiger partial charge in [0.1, 0.15) is 0 Å². The number of aromatic nitrogens is 2. The Labute approximate surface area is 266 Å². The van der Waals surface area contributed by atoms with Crippen molar-refractivity contribution in [2.75, 3.05) is 7.05 Å². The molecule has 0 saturated heterocycles. The summed E-state index contributed by atoms with van der Waals surface area (Å²) in [5.74, 6) is 0. The molecule has 5 aromatic rings. The van der Waals surface area contributed by atoms with E-state index < -0.39 is 0 Å². The molecule has 1 heterocycles. The fourth-order valence-corrected chi connectivity index (χ4v) is 7.76. The number of H-pyrrole nitrogens is 1. The smallest absolute Gasteiger partial charge is 0.272 e. The van der Waals surface area contributed by atoms with Gasteiger partial charge < -0.3 is 0 Å². The lowest BCUT2D eigenvalue weighted by molar-refractivity contribution is 0.184. The zero-order valence-electron chi connectivity index (χ0n) is 26.4. The molecule has 0 spiro atoms. The summed E-state index contributed by atoms with van der Waals surface area (Å²) in [4.78, 5) is 13.7. The van der Waals surface area contributed by atoms with Crippen LogP contribution in [0.5, 0.6) is 0 Å². The van der Waals surface area contributed by atoms with Gasteiger partial charge in [-0.15, -0.1) is 0 Å². The number of hydrogen-bond donors (Lipinski definition) is 1. The van der Waals surface area contributed by atoms with E-state index in [2.05, 4.69) is 88.9 Å². The Balaban J connectivity index is 0.000000249. The van der Waals surface area contributed by atoms with Gasteiger partial charge in [0.15, 0.2) is 0 Å². The Bertz CT molecular complexity index is 1940. The molecule has 3 aliphatic rings. The van der Waals surface area contributed by atoms with Crippen LogP contribution in [-0.4, -0.2) is 28.2 Å². The van der Waals surface area contributed by atoms with Gasteiger partial charge in [0.25, 0.3) is 5.56 Å². The van der Waals surface area contributed by atoms with Crippen molar-refractivity contribution in [2.24, 2.45) is 0 Å². The van der Waals surface area contributed by atoms with Crippen molar-refractivity contribution in [2.45, 2.75) is 76.8 Å². The summed E-state index contributed by atoms with van der Waals surface area (Å²) >= 11 is 0. The predicted octanol–water partition coefficient (Wildman–Crippen LogP) is 9.17. The van der Waals surface area contributed by atoms with Gasteiger partial charge >= 0.3 is 0 Å². The first-order chi connectivity index (χ1) is 22.1. The summed E-state index contributed by atoms with van der Waals surface area (Å²) in [6, 6.07) is 29.1. The molecular formula is C41H43N3O. The minimum atomic E-state index is -0.136. The maximum Gasteiger partial charge on any atom is 0.272 e. The average Bonchev–Trinajstić information content (AvgIpc) is 3.09. The van der Waals surface area contributed by atoms with Crippen molar-refractivity contribution < 1.29 is 0 Å². The van der Waals surface area contributed by atoms with Crippen LogP contribution in [0.3, 0.4) is 0 Å². The van der Waals surface area contributed by atoms with Crippen molar-refractivity contribution in [1.82, 2.24) is 15.1 Å². The minimum Gasteiger partial charge on any atom is -0.299 e. The third kappa shape index (κ3) is 6.43. The second-order valence-electron chi connectivity index (χ2n) is 13.1. The van der Waals surface area contributed by atoms with E-state index >= 15 is 0 Å². The summed E-state index contributed by atoms with van der Waals surface area (Å²) in [5.41, 5.74) is 10.5. The zero-order chi connectivity index (χ0) is 30.6. The van der Waals surface area contributed by atoms with Gasteiger partial charge in [-0.3, -0.25) is 9.69 Å². The molecule has 228 valence electrons. The second-order valence-corrected chi connectivity index (χ2v) is 13.1. The van der Waals surface area contributed by atoms with E-state index in [9.17, 15) is 4.79 Å². The molecule has 8 rings (SSSR count). The Kier molecular flexibility index (Phi) is 8.75. The fourth-order valence-electron chi connectivity index (χ4n) is 7.76. The number of fused-ring (bicyclic) bond motifs is 5. The van der Waals surface area contributed by atoms with Gasteiger partial charge in [-0.25, -0.2) is 5.10 Å². The number of nitrogens with one attached hydrogen (secondary N) is 1. The SMILES string of the molecule is CN(Cc1cccc(Cc2cccc3ccc4c(c23)CCC2=C4C=CCC2)c1)C1CCCCC1.O=c1[nH]ncc2ccccc12. The zero-order valence-corrected chi connectivity index (χ0v) is 26.4. The molecule has 0 bridgehead atoms. The van der Waals surface area contributed by atoms with E-state index in [1.54, 1.807) is 23.4 Å². The number of aromatic amines is 1. The molecule has 4 heteroatoms. The molecule has 0 unspecified atom stereocenters. The lowest BCUT2D eigenvalue weighted by atomic mass is 9.78. The monoisotopic (exact) mass is 593 g/mol. The third-order valence-corrected chi connectivity index (χ3v) is 10.1. The maximum absolute atomic E-state index is 11.1. The van der Waals surface area contributed by atoms with Crippen molar-refractivity contribution in [1.29, 1.82) is 0 Å². The number of allylic oxidation sites excluding steroid dienone is 4. The van der Waals surface area contributed by atoms with Gasteiger partial charge in [-0.05, 0) is 102 Å². The van der Waals surface area contributed by atoms with Crippen molar-refractivity contribution in [3.63, 3.8) is 0 Å². The van der Waals surface area contributed by atoms with Crippen molar-refractivity contribution in [3.8, 4) is 0 Å². The molecule has 4 nitrogen and oxygen atoms in total. The molecular weight excluding hydrogens is 550 g/mol. The van der Waals surface area contributed by atoms with E-state index in [0.29, 0.717) is 5.39 Å². The molecule has 0 amide bonds. The largest absolute Gasteiger partial charge is 0.299 e. The molecule has 0 radical (unpaired) electrons. The van der Waals surface area contributed by atoms with Gasteiger partial charge in [0.2, 0.25) is 0 Å². The normalized spacial score (nSPS) is 16.4. The van der Waals surface area contributed by atoms with Gasteiger partial charge in [0.05, 0.1) is 6.20 Å². The quantitative estimate of drug-likeness (QED) is 0.221. The van der Waals surface area contributed by atoms with Crippen LogP contribution < -0.4 is 5.56 Å². The van der Waals surface area contributed by atoms with Crippen LogP contribution in [0.4, 0.5) is 0 Å². The van der Waals surface area contributed by atoms with E-state index in [1.807, 2.05) is 18.2 Å². The van der Waals surface area contributed by atoms with E-state index in [4.69, 9.17) is 0 Å². The number of benzene rings is 4. The first kappa shape index (κ1) is 29.4.